The Balaban J connectivity index is 2.71. The maximum atomic E-state index is 8.68. The molecule has 0 aromatic heterocycles. The average molecular weight is 169 g/mol. The van der Waals surface area contributed by atoms with Crippen molar-refractivity contribution >= 4 is 5.71 Å². The van der Waals surface area contributed by atoms with E-state index in [9.17, 15) is 0 Å². The molecule has 1 N–H and O–H groups in total. The fourth-order valence-corrected chi connectivity index (χ4v) is 1.39. The summed E-state index contributed by atoms with van der Waals surface area (Å²) in [6.07, 6.45) is 7.31. The first-order valence-electron chi connectivity index (χ1n) is 4.34. The lowest BCUT2D eigenvalue weighted by Gasteiger charge is -2.10. The van der Waals surface area contributed by atoms with Crippen molar-refractivity contribution in [2.75, 3.05) is 7.11 Å². The van der Waals surface area contributed by atoms with Gasteiger partial charge in [0.25, 0.3) is 0 Å². The summed E-state index contributed by atoms with van der Waals surface area (Å²) in [7, 11) is 1.61. The van der Waals surface area contributed by atoms with E-state index in [1.807, 2.05) is 6.08 Å². The average Bonchev–Trinajstić information content (AvgIpc) is 2.05. The van der Waals surface area contributed by atoms with E-state index in [1.54, 1.807) is 7.11 Å². The van der Waals surface area contributed by atoms with Crippen LogP contribution in [0.5, 0.6) is 0 Å². The van der Waals surface area contributed by atoms with Gasteiger partial charge in [-0.05, 0) is 31.8 Å². The topological polar surface area (TPSA) is 41.8 Å². The molecule has 3 heteroatoms. The summed E-state index contributed by atoms with van der Waals surface area (Å²) in [4.78, 5) is 0. The summed E-state index contributed by atoms with van der Waals surface area (Å²) in [6, 6.07) is 0. The van der Waals surface area contributed by atoms with Gasteiger partial charge < -0.3 is 9.94 Å². The Hall–Kier alpha value is -0.990. The number of methoxy groups -OCH3 is 1. The van der Waals surface area contributed by atoms with Gasteiger partial charge in [-0.1, -0.05) is 11.6 Å². The lowest BCUT2D eigenvalue weighted by atomic mass is 10.0. The van der Waals surface area contributed by atoms with E-state index in [0.29, 0.717) is 5.71 Å². The molecule has 3 nitrogen and oxygen atoms in total. The second-order valence-corrected chi connectivity index (χ2v) is 2.92. The van der Waals surface area contributed by atoms with Crippen molar-refractivity contribution in [3.8, 4) is 0 Å². The molecule has 0 radical (unpaired) electrons. The van der Waals surface area contributed by atoms with Crippen molar-refractivity contribution in [1.82, 2.24) is 0 Å². The van der Waals surface area contributed by atoms with Crippen molar-refractivity contribution in [2.24, 2.45) is 5.16 Å². The van der Waals surface area contributed by atoms with Crippen LogP contribution in [-0.4, -0.2) is 18.0 Å². The molecule has 1 rings (SSSR count). The Morgan fingerprint density at radius 3 is 2.92 bits per heavy atom. The van der Waals surface area contributed by atoms with E-state index in [1.165, 1.54) is 12.8 Å². The first kappa shape index (κ1) is 9.10. The quantitative estimate of drug-likeness (QED) is 0.483. The van der Waals surface area contributed by atoms with Crippen LogP contribution in [0.4, 0.5) is 0 Å². The smallest absolute Gasteiger partial charge is 0.139 e. The molecule has 0 saturated heterocycles. The zero-order chi connectivity index (χ0) is 8.81. The second kappa shape index (κ2) is 4.80. The maximum absolute atomic E-state index is 8.68. The Morgan fingerprint density at radius 1 is 1.42 bits per heavy atom. The summed E-state index contributed by atoms with van der Waals surface area (Å²) in [5.41, 5.74) is 0.678. The highest BCUT2D eigenvalue weighted by Crippen LogP contribution is 2.15. The first-order chi connectivity index (χ1) is 5.88. The highest BCUT2D eigenvalue weighted by molar-refractivity contribution is 5.97. The van der Waals surface area contributed by atoms with Crippen molar-refractivity contribution in [2.45, 2.75) is 32.1 Å². The van der Waals surface area contributed by atoms with E-state index in [2.05, 4.69) is 5.16 Å². The normalized spacial score (nSPS) is 22.8. The van der Waals surface area contributed by atoms with Crippen molar-refractivity contribution < 1.29 is 9.94 Å². The third kappa shape index (κ3) is 2.26. The number of hydrogen-bond acceptors (Lipinski definition) is 3. The zero-order valence-electron chi connectivity index (χ0n) is 7.42. The van der Waals surface area contributed by atoms with Gasteiger partial charge in [0.2, 0.25) is 0 Å². The number of rotatable bonds is 1. The molecule has 12 heavy (non-hydrogen) atoms. The highest BCUT2D eigenvalue weighted by atomic mass is 16.5. The fourth-order valence-electron chi connectivity index (χ4n) is 1.39. The van der Waals surface area contributed by atoms with Crippen LogP contribution in [0.3, 0.4) is 0 Å². The third-order valence-electron chi connectivity index (χ3n) is 2.07. The minimum atomic E-state index is 0.678. The highest BCUT2D eigenvalue weighted by Gasteiger charge is 2.09. The Morgan fingerprint density at radius 2 is 2.25 bits per heavy atom. The van der Waals surface area contributed by atoms with Crippen LogP contribution in [0, 0.1) is 0 Å². The van der Waals surface area contributed by atoms with Crippen LogP contribution in [0.15, 0.2) is 17.0 Å². The molecule has 0 amide bonds. The van der Waals surface area contributed by atoms with Gasteiger partial charge in [0, 0.05) is 0 Å². The lowest BCUT2D eigenvalue weighted by Crippen LogP contribution is -2.07. The van der Waals surface area contributed by atoms with Crippen LogP contribution >= 0.6 is 0 Å². The van der Waals surface area contributed by atoms with E-state index in [-0.39, 0.29) is 0 Å². The predicted octanol–water partition coefficient (Wildman–Crippen LogP) is 2.31. The summed E-state index contributed by atoms with van der Waals surface area (Å²) >= 11 is 0. The Bertz CT molecular complexity index is 197. The second-order valence-electron chi connectivity index (χ2n) is 2.92. The summed E-state index contributed by atoms with van der Waals surface area (Å²) in [6.45, 7) is 0. The molecule has 0 heterocycles. The number of ether oxygens (including phenoxy) is 1. The van der Waals surface area contributed by atoms with E-state index in [0.717, 1.165) is 25.0 Å². The van der Waals surface area contributed by atoms with Crippen molar-refractivity contribution in [3.63, 3.8) is 0 Å². The van der Waals surface area contributed by atoms with Crippen LogP contribution in [-0.2, 0) is 4.74 Å². The molecule has 0 fully saturated rings. The minimum absolute atomic E-state index is 0.678. The fraction of sp³-hybridized carbons (Fsp3) is 0.667. The first-order valence-corrected chi connectivity index (χ1v) is 4.34. The van der Waals surface area contributed by atoms with Crippen molar-refractivity contribution in [1.29, 1.82) is 0 Å². The third-order valence-corrected chi connectivity index (χ3v) is 2.07. The zero-order valence-corrected chi connectivity index (χ0v) is 7.42. The molecular formula is C9H15NO2. The largest absolute Gasteiger partial charge is 0.495 e. The minimum Gasteiger partial charge on any atom is -0.495 e. The van der Waals surface area contributed by atoms with Gasteiger partial charge in [-0.25, -0.2) is 0 Å². The summed E-state index contributed by atoms with van der Waals surface area (Å²) in [5.74, 6) is 0.734. The van der Waals surface area contributed by atoms with E-state index < -0.39 is 0 Å². The molecule has 0 aliphatic heterocycles. The molecule has 68 valence electrons. The van der Waals surface area contributed by atoms with Gasteiger partial charge in [0.15, 0.2) is 0 Å². The van der Waals surface area contributed by atoms with Gasteiger partial charge in [-0.2, -0.15) is 0 Å². The molecule has 1 aliphatic rings. The van der Waals surface area contributed by atoms with E-state index in [4.69, 9.17) is 9.94 Å². The molecule has 0 bridgehead atoms. The van der Waals surface area contributed by atoms with Gasteiger partial charge in [0.1, 0.15) is 11.5 Å². The number of allylic oxidation sites excluding steroid dienone is 2. The molecule has 0 saturated carbocycles. The molecule has 0 unspecified atom stereocenters. The summed E-state index contributed by atoms with van der Waals surface area (Å²) < 4.78 is 5.10. The standard InChI is InChI=1S/C9H15NO2/c1-12-9-7-5-3-2-4-6-8(9)10-11/h7,11H,2-6H2,1H3. The monoisotopic (exact) mass is 169 g/mol. The predicted molar refractivity (Wildman–Crippen MR) is 47.4 cm³/mol. The van der Waals surface area contributed by atoms with Gasteiger partial charge in [-0.15, -0.1) is 0 Å². The van der Waals surface area contributed by atoms with Crippen LogP contribution in [0.1, 0.15) is 32.1 Å². The Labute approximate surface area is 72.7 Å². The van der Waals surface area contributed by atoms with Crippen LogP contribution in [0.2, 0.25) is 0 Å². The molecule has 0 spiro atoms. The molecule has 0 aromatic carbocycles. The Kier molecular flexibility index (Phi) is 3.64. The van der Waals surface area contributed by atoms with Gasteiger partial charge >= 0.3 is 0 Å². The lowest BCUT2D eigenvalue weighted by molar-refractivity contribution is 0.290. The molecular weight excluding hydrogens is 154 g/mol. The number of nitrogens with zero attached hydrogens (tertiary/aromatic N) is 1. The molecule has 0 aromatic rings. The SMILES string of the molecule is COC1=CCCCCCC1=NO. The molecule has 1 aliphatic carbocycles. The van der Waals surface area contributed by atoms with Gasteiger partial charge in [-0.3, -0.25) is 0 Å². The van der Waals surface area contributed by atoms with Gasteiger partial charge in [0.05, 0.1) is 7.11 Å². The summed E-state index contributed by atoms with van der Waals surface area (Å²) in [5, 5.41) is 11.9. The molecule has 0 atom stereocenters. The number of oxime groups is 1. The van der Waals surface area contributed by atoms with Crippen LogP contribution in [0.25, 0.3) is 0 Å². The van der Waals surface area contributed by atoms with Crippen molar-refractivity contribution in [3.05, 3.63) is 11.8 Å². The maximum Gasteiger partial charge on any atom is 0.139 e. The number of hydrogen-bond donors (Lipinski definition) is 1. The van der Waals surface area contributed by atoms with E-state index >= 15 is 0 Å². The van der Waals surface area contributed by atoms with Crippen LogP contribution < -0.4 is 0 Å².